The summed E-state index contributed by atoms with van der Waals surface area (Å²) in [6.07, 6.45) is 3.37. The lowest BCUT2D eigenvalue weighted by atomic mass is 10.1. The third-order valence-electron chi connectivity index (χ3n) is 4.54. The fourth-order valence-electron chi connectivity index (χ4n) is 3.24. The number of phenols is 1. The lowest BCUT2D eigenvalue weighted by Crippen LogP contribution is -2.29. The van der Waals surface area contributed by atoms with Crippen molar-refractivity contribution in [3.05, 3.63) is 64.7 Å². The van der Waals surface area contributed by atoms with Crippen molar-refractivity contribution in [2.45, 2.75) is 13.1 Å². The Balaban J connectivity index is 1.84. The van der Waals surface area contributed by atoms with Gasteiger partial charge in [-0.2, -0.15) is 0 Å². The number of amides is 1. The molecule has 1 aliphatic heterocycles. The molecule has 0 bridgehead atoms. The summed E-state index contributed by atoms with van der Waals surface area (Å²) in [6, 6.07) is 10.4. The highest BCUT2D eigenvalue weighted by Gasteiger charge is 2.35. The van der Waals surface area contributed by atoms with E-state index >= 15 is 0 Å². The largest absolute Gasteiger partial charge is 0.508 e. The average Bonchev–Trinajstić information content (AvgIpc) is 2.92. The van der Waals surface area contributed by atoms with Crippen molar-refractivity contribution in [3.63, 3.8) is 0 Å². The van der Waals surface area contributed by atoms with Crippen LogP contribution in [-0.4, -0.2) is 48.9 Å². The molecule has 2 aromatic carbocycles. The number of rotatable bonds is 8. The van der Waals surface area contributed by atoms with Gasteiger partial charge in [0.05, 0.1) is 17.8 Å². The molecule has 3 rings (SSSR count). The highest BCUT2D eigenvalue weighted by atomic mass is 16.5. The normalized spacial score (nSPS) is 13.4. The second kappa shape index (κ2) is 8.70. The van der Waals surface area contributed by atoms with Gasteiger partial charge >= 0.3 is 0 Å². The molecule has 0 atom stereocenters. The van der Waals surface area contributed by atoms with Gasteiger partial charge in [0.25, 0.3) is 18.2 Å². The van der Waals surface area contributed by atoms with E-state index in [2.05, 4.69) is 4.74 Å². The van der Waals surface area contributed by atoms with Crippen LogP contribution in [0.4, 0.5) is 5.69 Å². The van der Waals surface area contributed by atoms with Gasteiger partial charge in [-0.1, -0.05) is 18.2 Å². The molecule has 150 valence electrons. The smallest absolute Gasteiger partial charge is 0.299 e. The van der Waals surface area contributed by atoms with Crippen molar-refractivity contribution in [1.29, 1.82) is 0 Å². The first-order valence-electron chi connectivity index (χ1n) is 9.08. The molecular weight excluding hydrogens is 372 g/mol. The van der Waals surface area contributed by atoms with Crippen molar-refractivity contribution in [3.8, 4) is 5.75 Å². The molecule has 29 heavy (non-hydrogen) atoms. The van der Waals surface area contributed by atoms with Crippen LogP contribution in [0.1, 0.15) is 27.0 Å². The number of carbonyl (C=O) groups is 3. The van der Waals surface area contributed by atoms with Gasteiger partial charge in [0.15, 0.2) is 0 Å². The lowest BCUT2D eigenvalue weighted by Gasteiger charge is -2.18. The number of ketones is 1. The second-order valence-corrected chi connectivity index (χ2v) is 7.03. The average molecular weight is 394 g/mol. The molecule has 0 fully saturated rings. The molecule has 0 unspecified atom stereocenters. The standard InChI is InChI=1S/C22H22N2O5/c1-23(2)13-17-10-16(6-8-20(17)26)12-24-19-7-5-15(4-3-9-29-14-25)11-18(19)21(27)22(24)28/h3-8,10-11,14,26H,9,12-13H2,1-2H3/b4-3+. The molecule has 7 heteroatoms. The number of ether oxygens (including phenoxy) is 1. The molecular formula is C22H22N2O5. The van der Waals surface area contributed by atoms with Gasteiger partial charge in [-0.25, -0.2) is 0 Å². The molecule has 1 heterocycles. The van der Waals surface area contributed by atoms with E-state index in [1.165, 1.54) is 4.90 Å². The van der Waals surface area contributed by atoms with Crippen LogP contribution in [0.15, 0.2) is 42.5 Å². The van der Waals surface area contributed by atoms with Gasteiger partial charge in [0.2, 0.25) is 0 Å². The van der Waals surface area contributed by atoms with E-state index < -0.39 is 11.7 Å². The summed E-state index contributed by atoms with van der Waals surface area (Å²) < 4.78 is 4.59. The number of phenolic OH excluding ortho intramolecular Hbond substituents is 1. The zero-order valence-electron chi connectivity index (χ0n) is 16.3. The minimum Gasteiger partial charge on any atom is -0.508 e. The number of aromatic hydroxyl groups is 1. The Hall–Kier alpha value is -3.45. The van der Waals surface area contributed by atoms with Crippen LogP contribution in [0, 0.1) is 0 Å². The zero-order valence-corrected chi connectivity index (χ0v) is 16.3. The number of hydrogen-bond donors (Lipinski definition) is 1. The third kappa shape index (κ3) is 4.52. The van der Waals surface area contributed by atoms with Gasteiger partial charge < -0.3 is 19.6 Å². The summed E-state index contributed by atoms with van der Waals surface area (Å²) in [5.41, 5.74) is 3.22. The van der Waals surface area contributed by atoms with Crippen LogP contribution < -0.4 is 4.90 Å². The summed E-state index contributed by atoms with van der Waals surface area (Å²) in [5, 5.41) is 10.0. The van der Waals surface area contributed by atoms with Crippen molar-refractivity contribution in [2.24, 2.45) is 0 Å². The Morgan fingerprint density at radius 2 is 1.93 bits per heavy atom. The van der Waals surface area contributed by atoms with E-state index in [0.717, 1.165) is 16.7 Å². The molecule has 0 spiro atoms. The molecule has 1 amide bonds. The van der Waals surface area contributed by atoms with Gasteiger partial charge in [-0.3, -0.25) is 14.4 Å². The Morgan fingerprint density at radius 1 is 1.14 bits per heavy atom. The van der Waals surface area contributed by atoms with E-state index in [4.69, 9.17) is 0 Å². The number of nitrogens with zero attached hydrogens (tertiary/aromatic N) is 2. The minimum absolute atomic E-state index is 0.135. The Morgan fingerprint density at radius 3 is 2.66 bits per heavy atom. The molecule has 0 saturated heterocycles. The Kier molecular flexibility index (Phi) is 6.09. The molecule has 0 aromatic heterocycles. The maximum atomic E-state index is 12.5. The van der Waals surface area contributed by atoms with Crippen LogP contribution in [0.5, 0.6) is 5.75 Å². The topological polar surface area (TPSA) is 87.2 Å². The predicted octanol–water partition coefficient (Wildman–Crippen LogP) is 2.37. The number of anilines is 1. The summed E-state index contributed by atoms with van der Waals surface area (Å²) in [7, 11) is 3.81. The molecule has 0 radical (unpaired) electrons. The summed E-state index contributed by atoms with van der Waals surface area (Å²) in [5.74, 6) is -0.930. The fraction of sp³-hybridized carbons (Fsp3) is 0.227. The first kappa shape index (κ1) is 20.3. The van der Waals surface area contributed by atoms with E-state index in [0.29, 0.717) is 24.3 Å². The molecule has 7 nitrogen and oxygen atoms in total. The van der Waals surface area contributed by atoms with Crippen molar-refractivity contribution >= 4 is 29.9 Å². The first-order chi connectivity index (χ1) is 13.9. The predicted molar refractivity (Wildman–Crippen MR) is 109 cm³/mol. The maximum Gasteiger partial charge on any atom is 0.299 e. The van der Waals surface area contributed by atoms with Crippen LogP contribution in [0.3, 0.4) is 0 Å². The Bertz CT molecular complexity index is 981. The summed E-state index contributed by atoms with van der Waals surface area (Å²) >= 11 is 0. The lowest BCUT2D eigenvalue weighted by molar-refractivity contribution is -0.127. The summed E-state index contributed by atoms with van der Waals surface area (Å²) in [4.78, 5) is 38.6. The highest BCUT2D eigenvalue weighted by Crippen LogP contribution is 2.32. The van der Waals surface area contributed by atoms with E-state index in [-0.39, 0.29) is 18.9 Å². The molecule has 0 aliphatic carbocycles. The second-order valence-electron chi connectivity index (χ2n) is 7.03. The summed E-state index contributed by atoms with van der Waals surface area (Å²) in [6.45, 7) is 1.30. The van der Waals surface area contributed by atoms with Gasteiger partial charge in [-0.15, -0.1) is 0 Å². The molecule has 2 aromatic rings. The first-order valence-corrected chi connectivity index (χ1v) is 9.08. The van der Waals surface area contributed by atoms with Crippen LogP contribution in [0.2, 0.25) is 0 Å². The number of carbonyl (C=O) groups excluding carboxylic acids is 3. The fourth-order valence-corrected chi connectivity index (χ4v) is 3.24. The number of fused-ring (bicyclic) bond motifs is 1. The molecule has 0 saturated carbocycles. The van der Waals surface area contributed by atoms with E-state index in [1.807, 2.05) is 25.1 Å². The number of Topliss-reactive ketones (excluding diaryl/α,β-unsaturated/α-hetero) is 1. The van der Waals surface area contributed by atoms with Crippen molar-refractivity contribution in [1.82, 2.24) is 4.90 Å². The maximum absolute atomic E-state index is 12.5. The van der Waals surface area contributed by atoms with Crippen LogP contribution in [-0.2, 0) is 27.4 Å². The van der Waals surface area contributed by atoms with Gasteiger partial charge in [0.1, 0.15) is 12.4 Å². The van der Waals surface area contributed by atoms with Crippen molar-refractivity contribution in [2.75, 3.05) is 25.6 Å². The third-order valence-corrected chi connectivity index (χ3v) is 4.54. The van der Waals surface area contributed by atoms with E-state index in [1.54, 1.807) is 42.5 Å². The van der Waals surface area contributed by atoms with Crippen molar-refractivity contribution < 1.29 is 24.2 Å². The Labute approximate surface area is 168 Å². The van der Waals surface area contributed by atoms with Gasteiger partial charge in [0, 0.05) is 12.1 Å². The van der Waals surface area contributed by atoms with E-state index in [9.17, 15) is 19.5 Å². The quantitative estimate of drug-likeness (QED) is 0.420. The van der Waals surface area contributed by atoms with Crippen LogP contribution in [0.25, 0.3) is 6.08 Å². The zero-order chi connectivity index (χ0) is 21.0. The SMILES string of the molecule is CN(C)Cc1cc(CN2C(=O)C(=O)c3cc(/C=C/COC=O)ccc32)ccc1O. The monoisotopic (exact) mass is 394 g/mol. The molecule has 1 N–H and O–H groups in total. The highest BCUT2D eigenvalue weighted by molar-refractivity contribution is 6.52. The van der Waals surface area contributed by atoms with Gasteiger partial charge in [-0.05, 0) is 55.6 Å². The number of benzene rings is 2. The minimum atomic E-state index is -0.576. The number of hydrogen-bond acceptors (Lipinski definition) is 6. The van der Waals surface area contributed by atoms with Crippen LogP contribution >= 0.6 is 0 Å². The molecule has 1 aliphatic rings.